The molecule has 0 radical (unpaired) electrons. The van der Waals surface area contributed by atoms with Crippen LogP contribution in [0.4, 0.5) is 0 Å². The zero-order valence-electron chi connectivity index (χ0n) is 15.8. The topological polar surface area (TPSA) is 112 Å². The fraction of sp³-hybridized carbons (Fsp3) is 0.200. The Morgan fingerprint density at radius 3 is 2.73 bits per heavy atom. The molecule has 1 aliphatic heterocycles. The number of amidine groups is 1. The van der Waals surface area contributed by atoms with Crippen molar-refractivity contribution >= 4 is 51.0 Å². The third-order valence-corrected chi connectivity index (χ3v) is 5.58. The van der Waals surface area contributed by atoms with Gasteiger partial charge >= 0.3 is 0 Å². The largest absolute Gasteiger partial charge is 0.550 e. The lowest BCUT2D eigenvalue weighted by atomic mass is 10.2. The second-order valence-corrected chi connectivity index (χ2v) is 8.25. The van der Waals surface area contributed by atoms with E-state index in [1.54, 1.807) is 25.3 Å². The Balaban J connectivity index is 1.62. The average Bonchev–Trinajstić information content (AvgIpc) is 3.06. The Bertz CT molecular complexity index is 994. The summed E-state index contributed by atoms with van der Waals surface area (Å²) in [7, 11) is 1.55. The first-order chi connectivity index (χ1) is 14.4. The van der Waals surface area contributed by atoms with Crippen LogP contribution in [-0.4, -0.2) is 35.6 Å². The van der Waals surface area contributed by atoms with Gasteiger partial charge in [0.15, 0.2) is 16.7 Å². The number of nitrogens with zero attached hydrogens (tertiary/aromatic N) is 2. The first-order valence-corrected chi connectivity index (χ1v) is 10.5. The second kappa shape index (κ2) is 10.3. The number of rotatable bonds is 8. The van der Waals surface area contributed by atoms with Crippen molar-refractivity contribution in [2.75, 3.05) is 7.11 Å². The number of carbonyl (C=O) groups is 2. The van der Waals surface area contributed by atoms with E-state index in [0.717, 1.165) is 21.8 Å². The van der Waals surface area contributed by atoms with Crippen molar-refractivity contribution in [3.05, 3.63) is 58.1 Å². The van der Waals surface area contributed by atoms with Gasteiger partial charge in [-0.2, -0.15) is 5.10 Å². The van der Waals surface area contributed by atoms with Crippen LogP contribution >= 0.6 is 27.7 Å². The summed E-state index contributed by atoms with van der Waals surface area (Å²) in [6, 6.07) is 13.1. The van der Waals surface area contributed by atoms with Crippen LogP contribution in [0.3, 0.4) is 0 Å². The molecule has 0 unspecified atom stereocenters. The Morgan fingerprint density at radius 1 is 1.27 bits per heavy atom. The number of ether oxygens (including phenoxy) is 2. The number of halogens is 1. The molecule has 8 nitrogen and oxygen atoms in total. The van der Waals surface area contributed by atoms with Gasteiger partial charge in [0.05, 0.1) is 18.6 Å². The Labute approximate surface area is 185 Å². The van der Waals surface area contributed by atoms with Crippen molar-refractivity contribution in [3.8, 4) is 11.5 Å². The minimum Gasteiger partial charge on any atom is -0.550 e. The third-order valence-electron chi connectivity index (χ3n) is 3.98. The molecule has 1 heterocycles. The maximum atomic E-state index is 11.7. The van der Waals surface area contributed by atoms with Crippen molar-refractivity contribution in [2.45, 2.75) is 18.3 Å². The third kappa shape index (κ3) is 6.07. The van der Waals surface area contributed by atoms with Crippen LogP contribution in [0, 0.1) is 0 Å². The van der Waals surface area contributed by atoms with E-state index in [1.165, 1.54) is 6.21 Å². The minimum absolute atomic E-state index is 0.240. The van der Waals surface area contributed by atoms with Crippen molar-refractivity contribution in [1.82, 2.24) is 5.32 Å². The highest BCUT2D eigenvalue weighted by atomic mass is 79.9. The molecule has 1 saturated heterocycles. The van der Waals surface area contributed by atoms with Crippen LogP contribution in [0.5, 0.6) is 11.5 Å². The lowest BCUT2D eigenvalue weighted by Crippen LogP contribution is -2.31. The van der Waals surface area contributed by atoms with Crippen LogP contribution in [0.15, 0.2) is 57.1 Å². The van der Waals surface area contributed by atoms with Crippen LogP contribution in [0.1, 0.15) is 17.5 Å². The zero-order chi connectivity index (χ0) is 21.5. The number of thioether (sulfide) groups is 1. The highest BCUT2D eigenvalue weighted by Gasteiger charge is 2.30. The second-order valence-electron chi connectivity index (χ2n) is 6.15. The summed E-state index contributed by atoms with van der Waals surface area (Å²) < 4.78 is 12.2. The number of carbonyl (C=O) groups excluding carboxylic acids is 2. The van der Waals surface area contributed by atoms with E-state index in [1.807, 2.05) is 24.3 Å². The molecule has 0 aliphatic carbocycles. The van der Waals surface area contributed by atoms with Gasteiger partial charge < -0.3 is 24.7 Å². The maximum absolute atomic E-state index is 11.7. The standard InChI is InChI=1S/C20H18BrN3O5S/c1-28-16-8-13(4-7-15(16)29-11-12-2-5-14(21)6-3-12)10-22-24-20-23-19(27)17(30-20)9-18(25)26/h2-8,10,17H,9,11H2,1H3,(H,25,26)(H,23,24,27)/p-1/b22-10-/t17-/m0/s1. The number of nitrogens with one attached hydrogen (secondary N) is 1. The van der Waals surface area contributed by atoms with Gasteiger partial charge in [-0.25, -0.2) is 0 Å². The van der Waals surface area contributed by atoms with Crippen molar-refractivity contribution in [1.29, 1.82) is 0 Å². The number of aliphatic carboxylic acids is 1. The van der Waals surface area contributed by atoms with Crippen LogP contribution in [0.25, 0.3) is 0 Å². The highest BCUT2D eigenvalue weighted by Crippen LogP contribution is 2.28. The average molecular weight is 491 g/mol. The molecule has 0 aromatic heterocycles. The SMILES string of the molecule is COc1cc(/C=N\N=C2\NC(=O)[C@H](CC(=O)[O-])S2)ccc1OCc1ccc(Br)cc1. The molecule has 2 aromatic carbocycles. The molecule has 0 bridgehead atoms. The normalized spacial score (nSPS) is 17.3. The molecule has 10 heteroatoms. The first-order valence-electron chi connectivity index (χ1n) is 8.78. The number of amides is 1. The van der Waals surface area contributed by atoms with E-state index < -0.39 is 17.1 Å². The van der Waals surface area contributed by atoms with Crippen molar-refractivity contribution in [2.24, 2.45) is 10.2 Å². The molecule has 0 spiro atoms. The summed E-state index contributed by atoms with van der Waals surface area (Å²) in [5, 5.41) is 20.5. The van der Waals surface area contributed by atoms with Crippen molar-refractivity contribution < 1.29 is 24.2 Å². The van der Waals surface area contributed by atoms with E-state index in [-0.39, 0.29) is 11.6 Å². The number of methoxy groups -OCH3 is 1. The van der Waals surface area contributed by atoms with E-state index >= 15 is 0 Å². The van der Waals surface area contributed by atoms with Gasteiger partial charge in [-0.1, -0.05) is 39.8 Å². The smallest absolute Gasteiger partial charge is 0.239 e. The van der Waals surface area contributed by atoms with Gasteiger partial charge in [-0.3, -0.25) is 4.79 Å². The number of carboxylic acid groups (broad SMARTS) is 1. The predicted molar refractivity (Wildman–Crippen MR) is 116 cm³/mol. The molecule has 1 amide bonds. The van der Waals surface area contributed by atoms with Gasteiger partial charge in [0.2, 0.25) is 5.91 Å². The van der Waals surface area contributed by atoms with Gasteiger partial charge in [-0.05, 0) is 41.5 Å². The molecule has 156 valence electrons. The predicted octanol–water partition coefficient (Wildman–Crippen LogP) is 2.10. The molecular weight excluding hydrogens is 474 g/mol. The van der Waals surface area contributed by atoms with Crippen LogP contribution in [0.2, 0.25) is 0 Å². The molecule has 0 saturated carbocycles. The summed E-state index contributed by atoms with van der Waals surface area (Å²) in [6.45, 7) is 0.397. The molecular formula is C20H17BrN3O5S-. The summed E-state index contributed by atoms with van der Waals surface area (Å²) in [4.78, 5) is 22.3. The van der Waals surface area contributed by atoms with E-state index in [9.17, 15) is 14.7 Å². The molecule has 3 rings (SSSR count). The number of carboxylic acids is 1. The number of hydrogen-bond donors (Lipinski definition) is 1. The molecule has 1 aliphatic rings. The fourth-order valence-corrected chi connectivity index (χ4v) is 3.68. The summed E-state index contributed by atoms with van der Waals surface area (Å²) in [6.07, 6.45) is 1.12. The maximum Gasteiger partial charge on any atom is 0.239 e. The highest BCUT2D eigenvalue weighted by molar-refractivity contribution is 9.10. The summed E-state index contributed by atoms with van der Waals surface area (Å²) >= 11 is 4.40. The van der Waals surface area contributed by atoms with Gasteiger partial charge in [0.1, 0.15) is 6.61 Å². The number of hydrogen-bond acceptors (Lipinski definition) is 8. The van der Waals surface area contributed by atoms with E-state index in [0.29, 0.717) is 23.7 Å². The molecule has 1 fully saturated rings. The molecule has 2 aromatic rings. The Morgan fingerprint density at radius 2 is 2.03 bits per heavy atom. The molecule has 30 heavy (non-hydrogen) atoms. The van der Waals surface area contributed by atoms with Crippen molar-refractivity contribution in [3.63, 3.8) is 0 Å². The van der Waals surface area contributed by atoms with Gasteiger partial charge in [0, 0.05) is 16.9 Å². The quantitative estimate of drug-likeness (QED) is 0.447. The Kier molecular flexibility index (Phi) is 7.47. The van der Waals surface area contributed by atoms with Gasteiger partial charge in [0.25, 0.3) is 0 Å². The van der Waals surface area contributed by atoms with Crippen LogP contribution < -0.4 is 19.9 Å². The Hall–Kier alpha value is -2.85. The van der Waals surface area contributed by atoms with Crippen LogP contribution in [-0.2, 0) is 16.2 Å². The first kappa shape index (κ1) is 21.8. The summed E-state index contributed by atoms with van der Waals surface area (Å²) in [5.74, 6) is -0.581. The minimum atomic E-state index is -1.29. The number of benzene rings is 2. The van der Waals surface area contributed by atoms with E-state index in [2.05, 4.69) is 31.4 Å². The summed E-state index contributed by atoms with van der Waals surface area (Å²) in [5.41, 5.74) is 1.74. The van der Waals surface area contributed by atoms with Gasteiger partial charge in [-0.15, -0.1) is 5.10 Å². The molecule has 1 atom stereocenters. The lowest BCUT2D eigenvalue weighted by Gasteiger charge is -2.11. The fourth-order valence-electron chi connectivity index (χ4n) is 2.51. The zero-order valence-corrected chi connectivity index (χ0v) is 18.2. The lowest BCUT2D eigenvalue weighted by molar-refractivity contribution is -0.305. The molecule has 1 N–H and O–H groups in total. The monoisotopic (exact) mass is 490 g/mol. The van der Waals surface area contributed by atoms with E-state index in [4.69, 9.17) is 9.47 Å².